The number of amides is 1. The van der Waals surface area contributed by atoms with Gasteiger partial charge in [0.05, 0.1) is 7.11 Å². The summed E-state index contributed by atoms with van der Waals surface area (Å²) in [6, 6.07) is 6.85. The zero-order chi connectivity index (χ0) is 17.9. The van der Waals surface area contributed by atoms with Crippen molar-refractivity contribution in [2.75, 3.05) is 13.7 Å². The van der Waals surface area contributed by atoms with Gasteiger partial charge in [-0.2, -0.15) is 0 Å². The predicted octanol–water partition coefficient (Wildman–Crippen LogP) is 2.95. The van der Waals surface area contributed by atoms with Gasteiger partial charge < -0.3 is 14.6 Å². The first-order valence-corrected chi connectivity index (χ1v) is 8.05. The molecule has 132 valence electrons. The number of likely N-dealkylation sites (tertiary alicyclic amines) is 1. The van der Waals surface area contributed by atoms with Gasteiger partial charge >= 0.3 is 12.1 Å². The summed E-state index contributed by atoms with van der Waals surface area (Å²) in [5, 5.41) is 9.43. The number of rotatable bonds is 4. The van der Waals surface area contributed by atoms with Crippen molar-refractivity contribution in [1.29, 1.82) is 0 Å². The average Bonchev–Trinajstić information content (AvgIpc) is 2.90. The monoisotopic (exact) mass is 335 g/mol. The molecular formula is C18H25NO5. The number of ether oxygens (including phenoxy) is 2. The first kappa shape index (κ1) is 18.1. The molecule has 0 aliphatic carbocycles. The van der Waals surface area contributed by atoms with Crippen molar-refractivity contribution < 1.29 is 24.2 Å². The molecule has 6 heteroatoms. The van der Waals surface area contributed by atoms with Crippen LogP contribution < -0.4 is 4.74 Å². The molecule has 1 aliphatic heterocycles. The number of hydrogen-bond donors (Lipinski definition) is 1. The van der Waals surface area contributed by atoms with Gasteiger partial charge in [-0.1, -0.05) is 12.1 Å². The molecule has 1 N–H and O–H groups in total. The normalized spacial score (nSPS) is 20.8. The summed E-state index contributed by atoms with van der Waals surface area (Å²) in [7, 11) is 1.61. The van der Waals surface area contributed by atoms with Crippen LogP contribution in [0.5, 0.6) is 5.75 Å². The Balaban J connectivity index is 2.08. The molecule has 1 saturated heterocycles. The summed E-state index contributed by atoms with van der Waals surface area (Å²) < 4.78 is 10.6. The number of methoxy groups -OCH3 is 1. The third-order valence-electron chi connectivity index (χ3n) is 3.96. The molecule has 2 atom stereocenters. The average molecular weight is 335 g/mol. The van der Waals surface area contributed by atoms with Gasteiger partial charge in [-0.15, -0.1) is 0 Å². The largest absolute Gasteiger partial charge is 0.497 e. The lowest BCUT2D eigenvalue weighted by molar-refractivity contribution is -0.142. The lowest BCUT2D eigenvalue weighted by atomic mass is 9.96. The van der Waals surface area contributed by atoms with Crippen molar-refractivity contribution in [3.05, 3.63) is 29.8 Å². The number of carboxylic acids is 1. The molecule has 2 rings (SSSR count). The van der Waals surface area contributed by atoms with Gasteiger partial charge in [-0.25, -0.2) is 9.59 Å². The topological polar surface area (TPSA) is 76.1 Å². The number of hydrogen-bond acceptors (Lipinski definition) is 4. The van der Waals surface area contributed by atoms with Crippen molar-refractivity contribution in [2.24, 2.45) is 5.92 Å². The highest BCUT2D eigenvalue weighted by Crippen LogP contribution is 2.29. The minimum absolute atomic E-state index is 0.0747. The quantitative estimate of drug-likeness (QED) is 0.915. The van der Waals surface area contributed by atoms with E-state index in [0.717, 1.165) is 11.3 Å². The Morgan fingerprint density at radius 2 is 2.04 bits per heavy atom. The van der Waals surface area contributed by atoms with Crippen LogP contribution >= 0.6 is 0 Å². The number of aliphatic carboxylic acids is 1. The standard InChI is InChI=1S/C18H25NO5/c1-18(2,3)24-17(22)19-11-13(10-15(19)16(20)21)8-12-6-5-7-14(9-12)23-4/h5-7,9,13,15H,8,10-11H2,1-4H3,(H,20,21)/t13-,15+/m1/s1. The van der Waals surface area contributed by atoms with Gasteiger partial charge in [0.25, 0.3) is 0 Å². The fourth-order valence-corrected chi connectivity index (χ4v) is 2.96. The highest BCUT2D eigenvalue weighted by atomic mass is 16.6. The van der Waals surface area contributed by atoms with Gasteiger partial charge in [0.15, 0.2) is 0 Å². The molecule has 0 spiro atoms. The van der Waals surface area contributed by atoms with E-state index in [4.69, 9.17) is 9.47 Å². The van der Waals surface area contributed by atoms with Crippen molar-refractivity contribution >= 4 is 12.1 Å². The van der Waals surface area contributed by atoms with Crippen molar-refractivity contribution in [3.63, 3.8) is 0 Å². The molecule has 1 aliphatic rings. The van der Waals surface area contributed by atoms with E-state index in [9.17, 15) is 14.7 Å². The molecule has 1 amide bonds. The lowest BCUT2D eigenvalue weighted by Gasteiger charge is -2.26. The van der Waals surface area contributed by atoms with Crippen molar-refractivity contribution in [3.8, 4) is 5.75 Å². The van der Waals surface area contributed by atoms with Crippen LogP contribution in [0.25, 0.3) is 0 Å². The second kappa shape index (κ2) is 7.11. The highest BCUT2D eigenvalue weighted by Gasteiger charge is 2.41. The maximum atomic E-state index is 12.3. The molecular weight excluding hydrogens is 310 g/mol. The smallest absolute Gasteiger partial charge is 0.411 e. The minimum atomic E-state index is -0.992. The number of carbonyl (C=O) groups is 2. The van der Waals surface area contributed by atoms with E-state index < -0.39 is 23.7 Å². The molecule has 24 heavy (non-hydrogen) atoms. The van der Waals surface area contributed by atoms with E-state index in [2.05, 4.69) is 0 Å². The zero-order valence-corrected chi connectivity index (χ0v) is 14.6. The maximum Gasteiger partial charge on any atom is 0.411 e. The molecule has 0 aromatic heterocycles. The van der Waals surface area contributed by atoms with Gasteiger partial charge in [0.2, 0.25) is 0 Å². The fourth-order valence-electron chi connectivity index (χ4n) is 2.96. The van der Waals surface area contributed by atoms with E-state index in [0.29, 0.717) is 19.4 Å². The van der Waals surface area contributed by atoms with Gasteiger partial charge in [-0.05, 0) is 57.2 Å². The number of benzene rings is 1. The van der Waals surface area contributed by atoms with Crippen LogP contribution in [0.15, 0.2) is 24.3 Å². The Kier molecular flexibility index (Phi) is 5.36. The Bertz CT molecular complexity index is 608. The van der Waals surface area contributed by atoms with E-state index in [1.165, 1.54) is 4.90 Å². The highest BCUT2D eigenvalue weighted by molar-refractivity contribution is 5.81. The van der Waals surface area contributed by atoms with Crippen molar-refractivity contribution in [1.82, 2.24) is 4.90 Å². The number of carboxylic acid groups (broad SMARTS) is 1. The first-order valence-electron chi connectivity index (χ1n) is 8.05. The number of nitrogens with zero attached hydrogens (tertiary/aromatic N) is 1. The van der Waals surface area contributed by atoms with Gasteiger partial charge in [0.1, 0.15) is 17.4 Å². The Labute approximate surface area is 142 Å². The first-order chi connectivity index (χ1) is 11.2. The summed E-state index contributed by atoms with van der Waals surface area (Å²) >= 11 is 0. The van der Waals surface area contributed by atoms with Crippen LogP contribution in [0, 0.1) is 5.92 Å². The molecule has 1 fully saturated rings. The summed E-state index contributed by atoms with van der Waals surface area (Å²) in [5.41, 5.74) is 0.417. The molecule has 1 aromatic rings. The fraction of sp³-hybridized carbons (Fsp3) is 0.556. The van der Waals surface area contributed by atoms with E-state index in [-0.39, 0.29) is 5.92 Å². The Morgan fingerprint density at radius 1 is 1.33 bits per heavy atom. The van der Waals surface area contributed by atoms with Crippen LogP contribution in [0.3, 0.4) is 0 Å². The lowest BCUT2D eigenvalue weighted by Crippen LogP contribution is -2.43. The SMILES string of the molecule is COc1cccc(C[C@@H]2C[C@@H](C(=O)O)N(C(=O)OC(C)(C)C)C2)c1. The second-order valence-corrected chi connectivity index (χ2v) is 7.14. The van der Waals surface area contributed by atoms with Gasteiger partial charge in [-0.3, -0.25) is 4.90 Å². The molecule has 6 nitrogen and oxygen atoms in total. The van der Waals surface area contributed by atoms with Crippen molar-refractivity contribution in [2.45, 2.75) is 45.3 Å². The van der Waals surface area contributed by atoms with E-state index in [1.807, 2.05) is 24.3 Å². The zero-order valence-electron chi connectivity index (χ0n) is 14.6. The summed E-state index contributed by atoms with van der Waals surface area (Å²) in [4.78, 5) is 25.1. The molecule has 0 radical (unpaired) electrons. The molecule has 1 heterocycles. The molecule has 1 aromatic carbocycles. The van der Waals surface area contributed by atoms with Crippen LogP contribution in [0.1, 0.15) is 32.8 Å². The Morgan fingerprint density at radius 3 is 2.62 bits per heavy atom. The summed E-state index contributed by atoms with van der Waals surface area (Å²) in [5.74, 6) is -0.149. The predicted molar refractivity (Wildman–Crippen MR) is 89.2 cm³/mol. The summed E-state index contributed by atoms with van der Waals surface area (Å²) in [6.07, 6.45) is 0.550. The van der Waals surface area contributed by atoms with Crippen LogP contribution in [-0.4, -0.2) is 47.4 Å². The Hall–Kier alpha value is -2.24. The van der Waals surface area contributed by atoms with Gasteiger partial charge in [0, 0.05) is 6.54 Å². The van der Waals surface area contributed by atoms with E-state index >= 15 is 0 Å². The minimum Gasteiger partial charge on any atom is -0.497 e. The molecule has 0 bridgehead atoms. The van der Waals surface area contributed by atoms with Crippen LogP contribution in [-0.2, 0) is 16.0 Å². The van der Waals surface area contributed by atoms with Crippen LogP contribution in [0.4, 0.5) is 4.79 Å². The van der Waals surface area contributed by atoms with Crippen LogP contribution in [0.2, 0.25) is 0 Å². The second-order valence-electron chi connectivity index (χ2n) is 7.14. The molecule has 0 saturated carbocycles. The third kappa shape index (κ3) is 4.63. The molecule has 0 unspecified atom stereocenters. The number of carbonyl (C=O) groups excluding carboxylic acids is 1. The maximum absolute atomic E-state index is 12.3. The third-order valence-corrected chi connectivity index (χ3v) is 3.96. The summed E-state index contributed by atoms with van der Waals surface area (Å²) in [6.45, 7) is 5.68. The van der Waals surface area contributed by atoms with E-state index in [1.54, 1.807) is 27.9 Å².